The second kappa shape index (κ2) is 1.26. The summed E-state index contributed by atoms with van der Waals surface area (Å²) in [5.41, 5.74) is 0. The van der Waals surface area contributed by atoms with E-state index in [1.807, 2.05) is 0 Å². The van der Waals surface area contributed by atoms with Gasteiger partial charge in [-0.15, -0.1) is 0 Å². The number of hydrogen-bond acceptors (Lipinski definition) is 2. The minimum absolute atomic E-state index is 0.282. The highest BCUT2D eigenvalue weighted by atomic mass is 32.1. The van der Waals surface area contributed by atoms with Crippen LogP contribution in [-0.2, 0) is 4.79 Å². The van der Waals surface area contributed by atoms with Gasteiger partial charge in [0.05, 0.1) is 5.92 Å². The van der Waals surface area contributed by atoms with Crippen molar-refractivity contribution in [3.8, 4) is 0 Å². The molecule has 0 aliphatic heterocycles. The van der Waals surface area contributed by atoms with E-state index in [9.17, 15) is 4.79 Å². The predicted octanol–water partition coefficient (Wildman–Crippen LogP) is 0.461. The summed E-state index contributed by atoms with van der Waals surface area (Å²) in [7, 11) is 0. The van der Waals surface area contributed by atoms with E-state index in [4.69, 9.17) is 5.11 Å². The molecule has 0 aromatic carbocycles. The molecule has 7 heavy (non-hydrogen) atoms. The molecule has 0 spiro atoms. The molecule has 1 N–H and O–H groups in total. The Kier molecular flexibility index (Phi) is 0.852. The van der Waals surface area contributed by atoms with Crippen LogP contribution in [-0.4, -0.2) is 15.9 Å². The fourth-order valence-electron chi connectivity index (χ4n) is 0.367. The third kappa shape index (κ3) is 0.771. The number of carboxylic acid groups (broad SMARTS) is 1. The van der Waals surface area contributed by atoms with E-state index in [2.05, 4.69) is 12.2 Å². The third-order valence-electron chi connectivity index (χ3n) is 0.932. The van der Waals surface area contributed by atoms with Gasteiger partial charge in [0.1, 0.15) is 0 Å². The molecule has 0 amide bonds. The van der Waals surface area contributed by atoms with Gasteiger partial charge in [-0.2, -0.15) is 0 Å². The molecule has 1 aliphatic rings. The van der Waals surface area contributed by atoms with Gasteiger partial charge in [0, 0.05) is 4.86 Å². The molecule has 2 nitrogen and oxygen atoms in total. The van der Waals surface area contributed by atoms with Crippen molar-refractivity contribution in [1.29, 1.82) is 0 Å². The van der Waals surface area contributed by atoms with E-state index < -0.39 is 5.97 Å². The molecule has 1 saturated carbocycles. The second-order valence-corrected chi connectivity index (χ2v) is 2.09. The first-order valence-corrected chi connectivity index (χ1v) is 2.38. The molecule has 0 bridgehead atoms. The molecule has 1 aliphatic carbocycles. The lowest BCUT2D eigenvalue weighted by molar-refractivity contribution is -0.137. The summed E-state index contributed by atoms with van der Waals surface area (Å²) in [6.45, 7) is 0. The van der Waals surface area contributed by atoms with Gasteiger partial charge in [-0.1, -0.05) is 12.2 Å². The SMILES string of the molecule is O=C(O)C1CC1=S. The van der Waals surface area contributed by atoms with E-state index in [1.165, 1.54) is 0 Å². The number of carboxylic acids is 1. The molecular formula is C4H4O2S. The van der Waals surface area contributed by atoms with Gasteiger partial charge in [0.25, 0.3) is 0 Å². The van der Waals surface area contributed by atoms with Crippen molar-refractivity contribution in [3.05, 3.63) is 0 Å². The average Bonchev–Trinajstić information content (AvgIpc) is 2.17. The zero-order valence-corrected chi connectivity index (χ0v) is 4.36. The predicted molar refractivity (Wildman–Crippen MR) is 28.3 cm³/mol. The molecule has 1 atom stereocenters. The van der Waals surface area contributed by atoms with E-state index in [0.717, 1.165) is 0 Å². The van der Waals surface area contributed by atoms with Crippen LogP contribution in [0.15, 0.2) is 0 Å². The molecule has 38 valence electrons. The lowest BCUT2D eigenvalue weighted by Gasteiger charge is -1.75. The van der Waals surface area contributed by atoms with Crippen molar-refractivity contribution in [2.24, 2.45) is 5.92 Å². The number of hydrogen-bond donors (Lipinski definition) is 1. The summed E-state index contributed by atoms with van der Waals surface area (Å²) in [5, 5.41) is 8.14. The highest BCUT2D eigenvalue weighted by Crippen LogP contribution is 2.25. The van der Waals surface area contributed by atoms with Crippen LogP contribution >= 0.6 is 12.2 Å². The summed E-state index contributed by atoms with van der Waals surface area (Å²) in [5.74, 6) is -1.06. The Balaban J connectivity index is 2.48. The molecule has 3 heteroatoms. The van der Waals surface area contributed by atoms with Crippen LogP contribution in [0.4, 0.5) is 0 Å². The number of aliphatic carboxylic acids is 1. The standard InChI is InChI=1S/C4H4O2S/c5-4(6)2-1-3(2)7/h2H,1H2,(H,5,6). The summed E-state index contributed by atoms with van der Waals surface area (Å²) in [6.07, 6.45) is 0.616. The van der Waals surface area contributed by atoms with Gasteiger partial charge in [-0.25, -0.2) is 0 Å². The largest absolute Gasteiger partial charge is 0.481 e. The Morgan fingerprint density at radius 2 is 2.43 bits per heavy atom. The van der Waals surface area contributed by atoms with Crippen molar-refractivity contribution in [3.63, 3.8) is 0 Å². The van der Waals surface area contributed by atoms with Crippen LogP contribution in [0.3, 0.4) is 0 Å². The minimum Gasteiger partial charge on any atom is -0.481 e. The smallest absolute Gasteiger partial charge is 0.311 e. The van der Waals surface area contributed by atoms with Gasteiger partial charge in [-0.05, 0) is 6.42 Å². The molecule has 0 saturated heterocycles. The molecular weight excluding hydrogens is 112 g/mol. The summed E-state index contributed by atoms with van der Waals surface area (Å²) >= 11 is 4.56. The lowest BCUT2D eigenvalue weighted by Crippen LogP contribution is -1.97. The molecule has 1 fully saturated rings. The van der Waals surface area contributed by atoms with Gasteiger partial charge in [0.2, 0.25) is 0 Å². The normalized spacial score (nSPS) is 27.4. The Labute approximate surface area is 46.1 Å². The zero-order valence-electron chi connectivity index (χ0n) is 3.55. The van der Waals surface area contributed by atoms with Crippen molar-refractivity contribution < 1.29 is 9.90 Å². The monoisotopic (exact) mass is 116 g/mol. The van der Waals surface area contributed by atoms with Crippen LogP contribution in [0.25, 0.3) is 0 Å². The van der Waals surface area contributed by atoms with E-state index in [-0.39, 0.29) is 5.92 Å². The van der Waals surface area contributed by atoms with E-state index in [0.29, 0.717) is 11.3 Å². The number of carbonyl (C=O) groups is 1. The van der Waals surface area contributed by atoms with Crippen molar-refractivity contribution >= 4 is 23.1 Å². The minimum atomic E-state index is -0.773. The van der Waals surface area contributed by atoms with E-state index >= 15 is 0 Å². The maximum absolute atomic E-state index is 9.88. The van der Waals surface area contributed by atoms with Crippen LogP contribution in [0, 0.1) is 5.92 Å². The summed E-state index contributed by atoms with van der Waals surface area (Å²) < 4.78 is 0. The summed E-state index contributed by atoms with van der Waals surface area (Å²) in [4.78, 5) is 10.6. The van der Waals surface area contributed by atoms with Crippen LogP contribution in [0.5, 0.6) is 0 Å². The van der Waals surface area contributed by atoms with Gasteiger partial charge in [-0.3, -0.25) is 4.79 Å². The zero-order chi connectivity index (χ0) is 5.44. The van der Waals surface area contributed by atoms with Crippen molar-refractivity contribution in [2.75, 3.05) is 0 Å². The third-order valence-corrected chi connectivity index (χ3v) is 1.38. The highest BCUT2D eigenvalue weighted by molar-refractivity contribution is 7.81. The molecule has 0 radical (unpaired) electrons. The fraction of sp³-hybridized carbons (Fsp3) is 0.500. The molecule has 0 aromatic heterocycles. The van der Waals surface area contributed by atoms with Gasteiger partial charge >= 0.3 is 5.97 Å². The Morgan fingerprint density at radius 3 is 2.43 bits per heavy atom. The van der Waals surface area contributed by atoms with Gasteiger partial charge < -0.3 is 5.11 Å². The molecule has 0 heterocycles. The van der Waals surface area contributed by atoms with Crippen LogP contribution in [0.2, 0.25) is 0 Å². The highest BCUT2D eigenvalue weighted by Gasteiger charge is 2.36. The average molecular weight is 116 g/mol. The Morgan fingerprint density at radius 1 is 2.00 bits per heavy atom. The maximum Gasteiger partial charge on any atom is 0.311 e. The molecule has 1 unspecified atom stereocenters. The first kappa shape index (κ1) is 4.71. The fourth-order valence-corrected chi connectivity index (χ4v) is 0.635. The molecule has 0 aromatic rings. The second-order valence-electron chi connectivity index (χ2n) is 1.56. The Hall–Kier alpha value is -0.440. The Bertz CT molecular complexity index is 130. The van der Waals surface area contributed by atoms with Gasteiger partial charge in [0.15, 0.2) is 0 Å². The number of thiocarbonyl (C=S) groups is 1. The van der Waals surface area contributed by atoms with Crippen molar-refractivity contribution in [2.45, 2.75) is 6.42 Å². The first-order chi connectivity index (χ1) is 3.22. The van der Waals surface area contributed by atoms with Crippen molar-refractivity contribution in [1.82, 2.24) is 0 Å². The topological polar surface area (TPSA) is 37.3 Å². The summed E-state index contributed by atoms with van der Waals surface area (Å²) in [6, 6.07) is 0. The van der Waals surface area contributed by atoms with E-state index in [1.54, 1.807) is 0 Å². The first-order valence-electron chi connectivity index (χ1n) is 1.97. The van der Waals surface area contributed by atoms with Crippen LogP contribution in [0.1, 0.15) is 6.42 Å². The maximum atomic E-state index is 9.88. The quantitative estimate of drug-likeness (QED) is 0.506. The number of rotatable bonds is 1. The molecule has 1 rings (SSSR count). The lowest BCUT2D eigenvalue weighted by atomic mass is 10.5. The van der Waals surface area contributed by atoms with Crippen LogP contribution < -0.4 is 0 Å².